The van der Waals surface area contributed by atoms with Crippen molar-refractivity contribution in [3.63, 3.8) is 0 Å². The minimum atomic E-state index is -0.0394. The van der Waals surface area contributed by atoms with Crippen molar-refractivity contribution in [3.8, 4) is 0 Å². The molecule has 1 N–H and O–H groups in total. The number of rotatable bonds is 3. The predicted octanol–water partition coefficient (Wildman–Crippen LogP) is 3.16. The van der Waals surface area contributed by atoms with Gasteiger partial charge in [-0.15, -0.1) is 0 Å². The fourth-order valence-corrected chi connectivity index (χ4v) is 3.12. The molecule has 3 rings (SSSR count). The molecule has 1 unspecified atom stereocenters. The van der Waals surface area contributed by atoms with Crippen LogP contribution in [0.1, 0.15) is 21.5 Å². The maximum absolute atomic E-state index is 12.2. The summed E-state index contributed by atoms with van der Waals surface area (Å²) in [6.45, 7) is 1.16. The summed E-state index contributed by atoms with van der Waals surface area (Å²) in [4.78, 5) is 12.2. The van der Waals surface area contributed by atoms with E-state index < -0.39 is 0 Å². The number of amides is 1. The number of hydrogen-bond acceptors (Lipinski definition) is 2. The van der Waals surface area contributed by atoms with Gasteiger partial charge in [0.25, 0.3) is 5.91 Å². The Labute approximate surface area is 137 Å². The molecule has 1 aliphatic heterocycles. The highest BCUT2D eigenvalue weighted by atomic mass is 127. The van der Waals surface area contributed by atoms with Crippen LogP contribution in [0.25, 0.3) is 0 Å². The molecule has 0 bridgehead atoms. The van der Waals surface area contributed by atoms with Crippen molar-refractivity contribution in [2.75, 3.05) is 6.54 Å². The maximum atomic E-state index is 12.2. The molecule has 4 heteroatoms. The van der Waals surface area contributed by atoms with E-state index in [0.717, 1.165) is 9.99 Å². The van der Waals surface area contributed by atoms with E-state index in [1.54, 1.807) is 0 Å². The zero-order valence-electron chi connectivity index (χ0n) is 11.5. The molecule has 0 saturated carbocycles. The van der Waals surface area contributed by atoms with Crippen LogP contribution in [0.15, 0.2) is 48.5 Å². The molecular weight excluding hydrogens is 377 g/mol. The van der Waals surface area contributed by atoms with E-state index in [1.165, 1.54) is 11.1 Å². The van der Waals surface area contributed by atoms with Crippen molar-refractivity contribution in [1.29, 1.82) is 0 Å². The zero-order chi connectivity index (χ0) is 14.7. The second kappa shape index (κ2) is 6.58. The van der Waals surface area contributed by atoms with Crippen LogP contribution < -0.4 is 5.32 Å². The molecule has 1 amide bonds. The first-order valence-electron chi connectivity index (χ1n) is 6.95. The van der Waals surface area contributed by atoms with Crippen LogP contribution in [-0.4, -0.2) is 18.6 Å². The highest BCUT2D eigenvalue weighted by Gasteiger charge is 2.19. The molecule has 0 aromatic heterocycles. The van der Waals surface area contributed by atoms with Gasteiger partial charge in [-0.2, -0.15) is 0 Å². The number of halogens is 1. The lowest BCUT2D eigenvalue weighted by molar-refractivity contribution is 0.0285. The smallest absolute Gasteiger partial charge is 0.252 e. The van der Waals surface area contributed by atoms with Crippen LogP contribution in [0.4, 0.5) is 0 Å². The highest BCUT2D eigenvalue weighted by Crippen LogP contribution is 2.20. The van der Waals surface area contributed by atoms with Crippen LogP contribution >= 0.6 is 22.6 Å². The monoisotopic (exact) mass is 393 g/mol. The largest absolute Gasteiger partial charge is 0.371 e. The average molecular weight is 393 g/mol. The first-order chi connectivity index (χ1) is 10.2. The predicted molar refractivity (Wildman–Crippen MR) is 90.2 cm³/mol. The summed E-state index contributed by atoms with van der Waals surface area (Å²) in [5.74, 6) is -0.0394. The fraction of sp³-hybridized carbons (Fsp3) is 0.235. The molecule has 1 atom stereocenters. The lowest BCUT2D eigenvalue weighted by Gasteiger charge is -2.25. The van der Waals surface area contributed by atoms with E-state index in [4.69, 9.17) is 4.74 Å². The Kier molecular flexibility index (Phi) is 4.55. The van der Waals surface area contributed by atoms with Crippen molar-refractivity contribution >= 4 is 28.5 Å². The second-order valence-electron chi connectivity index (χ2n) is 5.10. The molecule has 3 nitrogen and oxygen atoms in total. The summed E-state index contributed by atoms with van der Waals surface area (Å²) in [5.41, 5.74) is 3.28. The average Bonchev–Trinajstić information content (AvgIpc) is 2.53. The van der Waals surface area contributed by atoms with Crippen molar-refractivity contribution in [3.05, 3.63) is 68.8 Å². The fourth-order valence-electron chi connectivity index (χ4n) is 2.49. The van der Waals surface area contributed by atoms with Gasteiger partial charge in [-0.3, -0.25) is 4.79 Å². The molecule has 2 aromatic rings. The Bertz CT molecular complexity index is 657. The Morgan fingerprint density at radius 2 is 1.86 bits per heavy atom. The van der Waals surface area contributed by atoms with Crippen molar-refractivity contribution in [1.82, 2.24) is 5.32 Å². The number of ether oxygens (including phenoxy) is 1. The molecule has 0 spiro atoms. The number of nitrogens with one attached hydrogen (secondary N) is 1. The summed E-state index contributed by atoms with van der Waals surface area (Å²) in [5, 5.41) is 2.97. The van der Waals surface area contributed by atoms with E-state index in [-0.39, 0.29) is 12.0 Å². The summed E-state index contributed by atoms with van der Waals surface area (Å²) in [6.07, 6.45) is 0.896. The molecule has 21 heavy (non-hydrogen) atoms. The molecule has 2 aromatic carbocycles. The number of fused-ring (bicyclic) bond motifs is 1. The van der Waals surface area contributed by atoms with Gasteiger partial charge in [0.05, 0.1) is 18.3 Å². The lowest BCUT2D eigenvalue weighted by Crippen LogP contribution is -2.37. The Hall–Kier alpha value is -1.40. The van der Waals surface area contributed by atoms with Crippen LogP contribution in [0.3, 0.4) is 0 Å². The Morgan fingerprint density at radius 3 is 2.67 bits per heavy atom. The van der Waals surface area contributed by atoms with Gasteiger partial charge in [0, 0.05) is 16.5 Å². The van der Waals surface area contributed by atoms with Crippen molar-refractivity contribution in [2.45, 2.75) is 19.1 Å². The molecule has 0 aliphatic carbocycles. The van der Waals surface area contributed by atoms with E-state index >= 15 is 0 Å². The van der Waals surface area contributed by atoms with Gasteiger partial charge >= 0.3 is 0 Å². The minimum absolute atomic E-state index is 0.0394. The topological polar surface area (TPSA) is 38.3 Å². The molecule has 108 valence electrons. The van der Waals surface area contributed by atoms with E-state index in [2.05, 4.69) is 40.0 Å². The quantitative estimate of drug-likeness (QED) is 0.814. The van der Waals surface area contributed by atoms with E-state index in [1.807, 2.05) is 36.4 Å². The number of carbonyl (C=O) groups excluding carboxylic acids is 1. The van der Waals surface area contributed by atoms with Crippen molar-refractivity contribution < 1.29 is 9.53 Å². The summed E-state index contributed by atoms with van der Waals surface area (Å²) in [7, 11) is 0. The summed E-state index contributed by atoms with van der Waals surface area (Å²) < 4.78 is 6.76. The molecule has 0 fully saturated rings. The molecule has 0 saturated heterocycles. The van der Waals surface area contributed by atoms with Gasteiger partial charge in [-0.25, -0.2) is 0 Å². The number of hydrogen-bond donors (Lipinski definition) is 1. The lowest BCUT2D eigenvalue weighted by atomic mass is 9.99. The third-order valence-electron chi connectivity index (χ3n) is 3.65. The number of benzene rings is 2. The van der Waals surface area contributed by atoms with Gasteiger partial charge in [-0.05, 0) is 45.9 Å². The van der Waals surface area contributed by atoms with Gasteiger partial charge < -0.3 is 10.1 Å². The zero-order valence-corrected chi connectivity index (χ0v) is 13.7. The summed E-state index contributed by atoms with van der Waals surface area (Å²) >= 11 is 2.18. The first-order valence-corrected chi connectivity index (χ1v) is 8.03. The third kappa shape index (κ3) is 3.44. The Morgan fingerprint density at radius 1 is 1.14 bits per heavy atom. The van der Waals surface area contributed by atoms with Crippen LogP contribution in [0.5, 0.6) is 0 Å². The Balaban J connectivity index is 1.59. The van der Waals surface area contributed by atoms with Crippen LogP contribution in [0, 0.1) is 3.57 Å². The molecule has 0 radical (unpaired) electrons. The van der Waals surface area contributed by atoms with E-state index in [0.29, 0.717) is 18.7 Å². The molecule has 1 heterocycles. The van der Waals surface area contributed by atoms with Crippen LogP contribution in [-0.2, 0) is 17.8 Å². The van der Waals surface area contributed by atoms with Gasteiger partial charge in [0.1, 0.15) is 0 Å². The SMILES string of the molecule is O=C(NCC1Cc2ccccc2CO1)c1ccccc1I. The van der Waals surface area contributed by atoms with Crippen LogP contribution in [0.2, 0.25) is 0 Å². The first kappa shape index (κ1) is 14.5. The molecule has 1 aliphatic rings. The standard InChI is InChI=1S/C17H16INO2/c18-16-8-4-3-7-15(16)17(20)19-10-14-9-12-5-1-2-6-13(12)11-21-14/h1-8,14H,9-11H2,(H,19,20). The van der Waals surface area contributed by atoms with Crippen molar-refractivity contribution in [2.24, 2.45) is 0 Å². The molecular formula is C17H16INO2. The van der Waals surface area contributed by atoms with Gasteiger partial charge in [0.2, 0.25) is 0 Å². The maximum Gasteiger partial charge on any atom is 0.252 e. The third-order valence-corrected chi connectivity index (χ3v) is 4.59. The van der Waals surface area contributed by atoms with Gasteiger partial charge in [-0.1, -0.05) is 36.4 Å². The summed E-state index contributed by atoms with van der Waals surface area (Å²) in [6, 6.07) is 15.9. The number of carbonyl (C=O) groups is 1. The minimum Gasteiger partial charge on any atom is -0.371 e. The normalized spacial score (nSPS) is 17.1. The second-order valence-corrected chi connectivity index (χ2v) is 6.26. The van der Waals surface area contributed by atoms with Gasteiger partial charge in [0.15, 0.2) is 0 Å². The van der Waals surface area contributed by atoms with E-state index in [9.17, 15) is 4.79 Å². The highest BCUT2D eigenvalue weighted by molar-refractivity contribution is 14.1.